The number of aromatic nitrogens is 1. The Balaban J connectivity index is 1.71. The Morgan fingerprint density at radius 1 is 1.00 bits per heavy atom. The highest BCUT2D eigenvalue weighted by molar-refractivity contribution is 8.19. The number of hydrogen-bond donors (Lipinski definition) is 0. The van der Waals surface area contributed by atoms with E-state index in [2.05, 4.69) is 0 Å². The van der Waals surface area contributed by atoms with E-state index < -0.39 is 5.91 Å². The molecule has 2 amide bonds. The van der Waals surface area contributed by atoms with Crippen molar-refractivity contribution >= 4 is 46.3 Å². The molecule has 1 aromatic heterocycles. The molecule has 3 aromatic rings. The monoisotopic (exact) mass is 426 g/mol. The molecule has 1 aliphatic rings. The number of rotatable bonds is 3. The molecule has 0 bridgehead atoms. The molecule has 7 heteroatoms. The summed E-state index contributed by atoms with van der Waals surface area (Å²) in [5.74, 6) is -0.711. The largest absolute Gasteiger partial charge is 0.318 e. The van der Waals surface area contributed by atoms with Gasteiger partial charge in [0.25, 0.3) is 11.1 Å². The molecule has 146 valence electrons. The molecule has 0 spiro atoms. The van der Waals surface area contributed by atoms with Crippen LogP contribution >= 0.6 is 23.4 Å². The molecular weight excluding hydrogens is 411 g/mol. The maximum absolute atomic E-state index is 13.7. The zero-order chi connectivity index (χ0) is 20.7. The summed E-state index contributed by atoms with van der Waals surface area (Å²) in [5, 5.41) is 0.0756. The standard InChI is InChI=1S/C22H16ClFN2O2S/c1-13-9-15(14(2)25(13)19-8-4-6-17(24)12-19)10-20-21(27)26(22(28)29-20)18-7-3-5-16(23)11-18/h3-12H,1-2H3/b20-10+. The number of imide groups is 1. The van der Waals surface area contributed by atoms with Gasteiger partial charge in [0.05, 0.1) is 10.6 Å². The molecular formula is C22H16ClFN2O2S. The van der Waals surface area contributed by atoms with Gasteiger partial charge in [-0.3, -0.25) is 9.59 Å². The van der Waals surface area contributed by atoms with E-state index in [1.54, 1.807) is 36.4 Å². The molecule has 1 fully saturated rings. The summed E-state index contributed by atoms with van der Waals surface area (Å²) in [6.45, 7) is 3.80. The van der Waals surface area contributed by atoms with Crippen molar-refractivity contribution in [1.82, 2.24) is 4.57 Å². The predicted octanol–water partition coefficient (Wildman–Crippen LogP) is 6.13. The lowest BCUT2D eigenvalue weighted by molar-refractivity contribution is -0.113. The molecule has 1 aliphatic heterocycles. The summed E-state index contributed by atoms with van der Waals surface area (Å²) in [5.41, 5.74) is 3.68. The third-order valence-electron chi connectivity index (χ3n) is 4.68. The Labute approximate surface area is 176 Å². The maximum Gasteiger partial charge on any atom is 0.298 e. The minimum atomic E-state index is -0.391. The van der Waals surface area contributed by atoms with Crippen molar-refractivity contribution in [2.45, 2.75) is 13.8 Å². The van der Waals surface area contributed by atoms with Crippen molar-refractivity contribution in [3.63, 3.8) is 0 Å². The molecule has 0 radical (unpaired) electrons. The SMILES string of the molecule is Cc1cc(/C=C2/SC(=O)N(c3cccc(Cl)c3)C2=O)c(C)n1-c1cccc(F)c1. The Kier molecular flexibility index (Phi) is 5.06. The van der Waals surface area contributed by atoms with Crippen molar-refractivity contribution in [1.29, 1.82) is 0 Å². The minimum absolute atomic E-state index is 0.320. The van der Waals surface area contributed by atoms with Crippen LogP contribution in [0.25, 0.3) is 11.8 Å². The average molecular weight is 427 g/mol. The molecule has 0 atom stereocenters. The number of nitrogens with zero attached hydrogens (tertiary/aromatic N) is 2. The number of aryl methyl sites for hydroxylation is 1. The number of hydrogen-bond acceptors (Lipinski definition) is 3. The number of benzene rings is 2. The molecule has 0 unspecified atom stereocenters. The van der Waals surface area contributed by atoms with Gasteiger partial charge >= 0.3 is 0 Å². The summed E-state index contributed by atoms with van der Waals surface area (Å²) < 4.78 is 15.6. The number of amides is 2. The third kappa shape index (κ3) is 3.61. The molecule has 4 rings (SSSR count). The van der Waals surface area contributed by atoms with E-state index in [9.17, 15) is 14.0 Å². The van der Waals surface area contributed by atoms with Gasteiger partial charge in [-0.25, -0.2) is 9.29 Å². The fourth-order valence-corrected chi connectivity index (χ4v) is 4.41. The van der Waals surface area contributed by atoms with Crippen LogP contribution < -0.4 is 4.90 Å². The third-order valence-corrected chi connectivity index (χ3v) is 5.79. The number of anilines is 1. The topological polar surface area (TPSA) is 42.3 Å². The van der Waals surface area contributed by atoms with E-state index in [1.807, 2.05) is 30.5 Å². The van der Waals surface area contributed by atoms with Gasteiger partial charge in [0, 0.05) is 22.1 Å². The number of carbonyl (C=O) groups excluding carboxylic acids is 2. The van der Waals surface area contributed by atoms with Crippen LogP contribution in [0.5, 0.6) is 0 Å². The van der Waals surface area contributed by atoms with Crippen molar-refractivity contribution in [2.24, 2.45) is 0 Å². The van der Waals surface area contributed by atoms with Gasteiger partial charge in [0.2, 0.25) is 0 Å². The highest BCUT2D eigenvalue weighted by Crippen LogP contribution is 2.37. The van der Waals surface area contributed by atoms with Crippen LogP contribution in [0, 0.1) is 19.7 Å². The number of thioether (sulfide) groups is 1. The fraction of sp³-hybridized carbons (Fsp3) is 0.0909. The molecule has 0 N–H and O–H groups in total. The van der Waals surface area contributed by atoms with Gasteiger partial charge in [0.1, 0.15) is 5.82 Å². The second-order valence-electron chi connectivity index (χ2n) is 6.64. The van der Waals surface area contributed by atoms with Crippen molar-refractivity contribution in [3.05, 3.63) is 87.3 Å². The van der Waals surface area contributed by atoms with Crippen molar-refractivity contribution in [3.8, 4) is 5.69 Å². The number of halogens is 2. The highest BCUT2D eigenvalue weighted by Gasteiger charge is 2.36. The first-order valence-electron chi connectivity index (χ1n) is 8.83. The van der Waals surface area contributed by atoms with Crippen LogP contribution in [0.3, 0.4) is 0 Å². The molecule has 4 nitrogen and oxygen atoms in total. The van der Waals surface area contributed by atoms with Gasteiger partial charge in [-0.15, -0.1) is 0 Å². The molecule has 2 aromatic carbocycles. The summed E-state index contributed by atoms with van der Waals surface area (Å²) in [7, 11) is 0. The molecule has 1 saturated heterocycles. The van der Waals surface area contributed by atoms with Gasteiger partial charge in [-0.05, 0) is 79.7 Å². The first-order chi connectivity index (χ1) is 13.8. The van der Waals surface area contributed by atoms with E-state index in [-0.39, 0.29) is 11.1 Å². The molecule has 0 aliphatic carbocycles. The van der Waals surface area contributed by atoms with Crippen LogP contribution in [-0.4, -0.2) is 15.7 Å². The van der Waals surface area contributed by atoms with E-state index in [1.165, 1.54) is 12.1 Å². The normalized spacial score (nSPS) is 15.6. The lowest BCUT2D eigenvalue weighted by Gasteiger charge is -2.12. The average Bonchev–Trinajstić information content (AvgIpc) is 3.10. The van der Waals surface area contributed by atoms with Crippen LogP contribution in [0.15, 0.2) is 59.5 Å². The van der Waals surface area contributed by atoms with Crippen molar-refractivity contribution in [2.75, 3.05) is 4.90 Å². The Hall–Kier alpha value is -2.83. The van der Waals surface area contributed by atoms with E-state index in [0.717, 1.165) is 33.6 Å². The lowest BCUT2D eigenvalue weighted by Crippen LogP contribution is -2.27. The summed E-state index contributed by atoms with van der Waals surface area (Å²) in [6, 6.07) is 14.9. The zero-order valence-electron chi connectivity index (χ0n) is 15.6. The quantitative estimate of drug-likeness (QED) is 0.473. The maximum atomic E-state index is 13.7. The van der Waals surface area contributed by atoms with Gasteiger partial charge in [-0.1, -0.05) is 23.7 Å². The second-order valence-corrected chi connectivity index (χ2v) is 8.07. The van der Waals surface area contributed by atoms with Gasteiger partial charge in [-0.2, -0.15) is 0 Å². The number of carbonyl (C=O) groups is 2. The molecule has 0 saturated carbocycles. The Morgan fingerprint density at radius 3 is 2.45 bits per heavy atom. The predicted molar refractivity (Wildman–Crippen MR) is 115 cm³/mol. The summed E-state index contributed by atoms with van der Waals surface area (Å²) in [6.07, 6.45) is 1.70. The second kappa shape index (κ2) is 7.54. The van der Waals surface area contributed by atoms with Gasteiger partial charge in [0.15, 0.2) is 0 Å². The first kappa shape index (κ1) is 19.5. The fourth-order valence-electron chi connectivity index (χ4n) is 3.39. The Morgan fingerprint density at radius 2 is 1.72 bits per heavy atom. The lowest BCUT2D eigenvalue weighted by atomic mass is 10.2. The van der Waals surface area contributed by atoms with E-state index in [4.69, 9.17) is 11.6 Å². The van der Waals surface area contributed by atoms with Gasteiger partial charge < -0.3 is 4.57 Å². The van der Waals surface area contributed by atoms with Crippen molar-refractivity contribution < 1.29 is 14.0 Å². The molecule has 29 heavy (non-hydrogen) atoms. The summed E-state index contributed by atoms with van der Waals surface area (Å²) in [4.78, 5) is 26.8. The van der Waals surface area contributed by atoms with E-state index >= 15 is 0 Å². The zero-order valence-corrected chi connectivity index (χ0v) is 17.2. The van der Waals surface area contributed by atoms with Crippen LogP contribution in [0.1, 0.15) is 17.0 Å². The summed E-state index contributed by atoms with van der Waals surface area (Å²) >= 11 is 6.88. The van der Waals surface area contributed by atoms with Crippen LogP contribution in [0.2, 0.25) is 5.02 Å². The smallest absolute Gasteiger partial charge is 0.298 e. The minimum Gasteiger partial charge on any atom is -0.318 e. The van der Waals surface area contributed by atoms with Crippen LogP contribution in [0.4, 0.5) is 14.9 Å². The van der Waals surface area contributed by atoms with Crippen LogP contribution in [-0.2, 0) is 4.79 Å². The Bertz CT molecular complexity index is 1190. The first-order valence-corrected chi connectivity index (χ1v) is 10.0. The van der Waals surface area contributed by atoms with E-state index in [0.29, 0.717) is 21.3 Å². The molecule has 2 heterocycles. The highest BCUT2D eigenvalue weighted by atomic mass is 35.5.